The third kappa shape index (κ3) is 3.08. The van der Waals surface area contributed by atoms with Gasteiger partial charge in [-0.2, -0.15) is 5.11 Å². The molecule has 1 aromatic carbocycles. The normalized spacial score (nSPS) is 21.0. The first-order chi connectivity index (χ1) is 13.1. The first-order valence-corrected chi connectivity index (χ1v) is 8.68. The Kier molecular flexibility index (Phi) is 4.41. The van der Waals surface area contributed by atoms with Gasteiger partial charge in [-0.15, -0.1) is 0 Å². The average molecular weight is 365 g/mol. The van der Waals surface area contributed by atoms with E-state index in [0.29, 0.717) is 12.2 Å². The van der Waals surface area contributed by atoms with E-state index in [2.05, 4.69) is 21.2 Å². The van der Waals surface area contributed by atoms with E-state index in [-0.39, 0.29) is 19.2 Å². The molecule has 2 aliphatic heterocycles. The van der Waals surface area contributed by atoms with Crippen LogP contribution in [0.25, 0.3) is 11.1 Å². The van der Waals surface area contributed by atoms with E-state index in [9.17, 15) is 9.90 Å². The van der Waals surface area contributed by atoms with E-state index in [0.717, 1.165) is 28.1 Å². The molecule has 1 saturated heterocycles. The first-order valence-electron chi connectivity index (χ1n) is 8.68. The van der Waals surface area contributed by atoms with Crippen molar-refractivity contribution in [1.82, 2.24) is 4.98 Å². The second-order valence-corrected chi connectivity index (χ2v) is 6.66. The number of pyridine rings is 1. The molecule has 0 bridgehead atoms. The van der Waals surface area contributed by atoms with Gasteiger partial charge in [0.15, 0.2) is 5.82 Å². The van der Waals surface area contributed by atoms with Crippen molar-refractivity contribution >= 4 is 23.3 Å². The van der Waals surface area contributed by atoms with E-state index in [1.165, 1.54) is 0 Å². The van der Waals surface area contributed by atoms with Gasteiger partial charge in [0.2, 0.25) is 0 Å². The molecule has 1 fully saturated rings. The van der Waals surface area contributed by atoms with Gasteiger partial charge >= 0.3 is 6.09 Å². The Bertz CT molecular complexity index is 925. The third-order valence-electron chi connectivity index (χ3n) is 4.85. The topological polar surface area (TPSA) is 111 Å². The zero-order valence-corrected chi connectivity index (χ0v) is 14.8. The van der Waals surface area contributed by atoms with Crippen LogP contribution in [0.1, 0.15) is 12.5 Å². The highest BCUT2D eigenvalue weighted by molar-refractivity contribution is 5.94. The molecule has 3 heterocycles. The van der Waals surface area contributed by atoms with Crippen LogP contribution in [0.5, 0.6) is 0 Å². The molecule has 0 radical (unpaired) electrons. The molecule has 8 heteroatoms. The van der Waals surface area contributed by atoms with Gasteiger partial charge in [-0.25, -0.2) is 20.3 Å². The van der Waals surface area contributed by atoms with Gasteiger partial charge in [0, 0.05) is 17.5 Å². The van der Waals surface area contributed by atoms with Crippen LogP contribution < -0.4 is 4.90 Å². The van der Waals surface area contributed by atoms with Gasteiger partial charge in [0.1, 0.15) is 6.10 Å². The van der Waals surface area contributed by atoms with Crippen molar-refractivity contribution in [1.29, 1.82) is 5.53 Å². The van der Waals surface area contributed by atoms with Crippen LogP contribution in [0.3, 0.4) is 0 Å². The highest BCUT2D eigenvalue weighted by atomic mass is 16.6. The van der Waals surface area contributed by atoms with Gasteiger partial charge in [0.25, 0.3) is 0 Å². The summed E-state index contributed by atoms with van der Waals surface area (Å²) in [6.07, 6.45) is 1.54. The predicted octanol–water partition coefficient (Wildman–Crippen LogP) is 3.11. The largest absolute Gasteiger partial charge is 0.441 e. The Balaban J connectivity index is 1.59. The molecule has 4 rings (SSSR count). The summed E-state index contributed by atoms with van der Waals surface area (Å²) in [5, 5.41) is 12.7. The lowest BCUT2D eigenvalue weighted by Gasteiger charge is -2.14. The molecule has 2 aromatic rings. The summed E-state index contributed by atoms with van der Waals surface area (Å²) in [7, 11) is 0. The van der Waals surface area contributed by atoms with Crippen LogP contribution in [0, 0.1) is 5.53 Å². The minimum Gasteiger partial charge on any atom is -0.441 e. The summed E-state index contributed by atoms with van der Waals surface area (Å²) >= 11 is 0. The maximum Gasteiger partial charge on any atom is 0.415 e. The molecule has 2 unspecified atom stereocenters. The number of anilines is 1. The van der Waals surface area contributed by atoms with Crippen LogP contribution in [0.15, 0.2) is 46.6 Å². The second-order valence-electron chi connectivity index (χ2n) is 6.66. The quantitative estimate of drug-likeness (QED) is 0.626. The number of aromatic nitrogens is 1. The molecule has 2 aliphatic rings. The third-order valence-corrected chi connectivity index (χ3v) is 4.85. The van der Waals surface area contributed by atoms with E-state index in [4.69, 9.17) is 10.3 Å². The number of aliphatic imine (C=N–C) groups is 1. The van der Waals surface area contributed by atoms with E-state index in [1.54, 1.807) is 11.1 Å². The lowest BCUT2D eigenvalue weighted by atomic mass is 10.0. The Hall–Kier alpha value is -3.13. The standard InChI is InChI=1S/C19H19N5O3/c1-11(8-22-20)23-18-5-3-13(9-21-18)12-2-4-15-14(6-12)7-16-17(10-25)27-19(26)24(15)16/h2-6,9,16-17,20,25H,7-8,10H2,1H3. The van der Waals surface area contributed by atoms with Gasteiger partial charge in [0.05, 0.1) is 24.9 Å². The van der Waals surface area contributed by atoms with Crippen LogP contribution in [-0.2, 0) is 11.2 Å². The number of amides is 1. The fraction of sp³-hybridized carbons (Fsp3) is 0.316. The van der Waals surface area contributed by atoms with E-state index >= 15 is 0 Å². The van der Waals surface area contributed by atoms with Crippen LogP contribution in [-0.4, -0.2) is 47.2 Å². The molecule has 2 N–H and O–H groups in total. The van der Waals surface area contributed by atoms with Gasteiger partial charge < -0.3 is 9.84 Å². The minimum atomic E-state index is -0.481. The lowest BCUT2D eigenvalue weighted by Crippen LogP contribution is -2.34. The maximum atomic E-state index is 12.1. The molecule has 138 valence electrons. The Morgan fingerprint density at radius 2 is 2.19 bits per heavy atom. The molecule has 1 aromatic heterocycles. The van der Waals surface area contributed by atoms with Crippen molar-refractivity contribution < 1.29 is 14.6 Å². The minimum absolute atomic E-state index is 0.145. The summed E-state index contributed by atoms with van der Waals surface area (Å²) in [5.74, 6) is 0.579. The van der Waals surface area contributed by atoms with E-state index < -0.39 is 12.2 Å². The monoisotopic (exact) mass is 365 g/mol. The summed E-state index contributed by atoms with van der Waals surface area (Å²) < 4.78 is 5.21. The number of aliphatic hydroxyl groups is 1. The molecule has 0 saturated carbocycles. The summed E-state index contributed by atoms with van der Waals surface area (Å²) in [6, 6.07) is 9.54. The number of benzene rings is 1. The SMILES string of the molecule is CC(CN=N)=Nc1ccc(-c2ccc3c(c2)CC2C(CO)OC(=O)N32)cn1. The Morgan fingerprint density at radius 1 is 1.37 bits per heavy atom. The number of nitrogens with zero attached hydrogens (tertiary/aromatic N) is 4. The molecule has 2 atom stereocenters. The number of rotatable bonds is 5. The van der Waals surface area contributed by atoms with Crippen molar-refractivity contribution in [2.24, 2.45) is 10.1 Å². The van der Waals surface area contributed by atoms with Crippen molar-refractivity contribution in [3.63, 3.8) is 0 Å². The van der Waals surface area contributed by atoms with Crippen LogP contribution >= 0.6 is 0 Å². The number of aliphatic hydroxyl groups excluding tert-OH is 1. The highest BCUT2D eigenvalue weighted by Gasteiger charge is 2.47. The smallest absolute Gasteiger partial charge is 0.415 e. The van der Waals surface area contributed by atoms with Gasteiger partial charge in [-0.1, -0.05) is 6.07 Å². The van der Waals surface area contributed by atoms with E-state index in [1.807, 2.05) is 31.2 Å². The first kappa shape index (κ1) is 17.3. The van der Waals surface area contributed by atoms with Gasteiger partial charge in [-0.05, 0) is 48.7 Å². The molecule has 27 heavy (non-hydrogen) atoms. The van der Waals surface area contributed by atoms with Gasteiger partial charge in [-0.3, -0.25) is 4.90 Å². The summed E-state index contributed by atoms with van der Waals surface area (Å²) in [6.45, 7) is 1.90. The predicted molar refractivity (Wildman–Crippen MR) is 99.8 cm³/mol. The fourth-order valence-electron chi connectivity index (χ4n) is 3.58. The number of hydrogen-bond acceptors (Lipinski definition) is 7. The molecule has 0 aliphatic carbocycles. The Morgan fingerprint density at radius 3 is 2.89 bits per heavy atom. The summed E-state index contributed by atoms with van der Waals surface area (Å²) in [4.78, 5) is 22.4. The zero-order valence-electron chi connectivity index (χ0n) is 14.8. The molecular weight excluding hydrogens is 346 g/mol. The number of fused-ring (bicyclic) bond motifs is 3. The fourth-order valence-corrected chi connectivity index (χ4v) is 3.58. The van der Waals surface area contributed by atoms with Crippen LogP contribution in [0.2, 0.25) is 0 Å². The zero-order chi connectivity index (χ0) is 19.0. The molecule has 8 nitrogen and oxygen atoms in total. The number of carbonyl (C=O) groups is 1. The number of nitrogens with one attached hydrogen (secondary N) is 1. The molecule has 0 spiro atoms. The number of cyclic esters (lactones) is 1. The second kappa shape index (κ2) is 6.88. The van der Waals surface area contributed by atoms with Crippen LogP contribution in [0.4, 0.5) is 16.3 Å². The molecule has 1 amide bonds. The Labute approximate surface area is 156 Å². The number of ether oxygens (including phenoxy) is 1. The maximum absolute atomic E-state index is 12.1. The number of carbonyl (C=O) groups excluding carboxylic acids is 1. The van der Waals surface area contributed by atoms with Crippen molar-refractivity contribution in [2.75, 3.05) is 18.1 Å². The average Bonchev–Trinajstić information content (AvgIpc) is 3.19. The highest BCUT2D eigenvalue weighted by Crippen LogP contribution is 2.40. The van der Waals surface area contributed by atoms with Crippen molar-refractivity contribution in [2.45, 2.75) is 25.5 Å². The lowest BCUT2D eigenvalue weighted by molar-refractivity contribution is 0.0830. The van der Waals surface area contributed by atoms with Crippen molar-refractivity contribution in [3.05, 3.63) is 42.1 Å². The van der Waals surface area contributed by atoms with Crippen molar-refractivity contribution in [3.8, 4) is 11.1 Å². The molecular formula is C19H19N5O3. The summed E-state index contributed by atoms with van der Waals surface area (Å²) in [5.41, 5.74) is 11.5. The number of hydrogen-bond donors (Lipinski definition) is 2.